The third kappa shape index (κ3) is 4.32. The molecular weight excluding hydrogens is 362 g/mol. The van der Waals surface area contributed by atoms with E-state index in [2.05, 4.69) is 15.8 Å². The second kappa shape index (κ2) is 8.01. The van der Waals surface area contributed by atoms with Crippen LogP contribution in [0.15, 0.2) is 57.6 Å². The molecule has 0 aliphatic rings. The van der Waals surface area contributed by atoms with Gasteiger partial charge in [-0.1, -0.05) is 12.1 Å². The molecule has 27 heavy (non-hydrogen) atoms. The molecule has 0 atom stereocenters. The first-order chi connectivity index (χ1) is 13.0. The molecule has 0 spiro atoms. The number of nitrogens with zero attached hydrogens (tertiary/aromatic N) is 1. The molecule has 0 aliphatic heterocycles. The van der Waals surface area contributed by atoms with Gasteiger partial charge < -0.3 is 9.73 Å². The molecular formula is C20H19N3O3S. The van der Waals surface area contributed by atoms with E-state index in [0.717, 1.165) is 11.1 Å². The number of nitrogens with one attached hydrogen (secondary N) is 2. The minimum Gasteiger partial charge on any atom is -0.469 e. The van der Waals surface area contributed by atoms with Crippen molar-refractivity contribution >= 4 is 34.6 Å². The maximum Gasteiger partial charge on any atom is 0.281 e. The summed E-state index contributed by atoms with van der Waals surface area (Å²) in [7, 11) is 0. The molecule has 3 rings (SSSR count). The van der Waals surface area contributed by atoms with Crippen molar-refractivity contribution in [3.63, 3.8) is 0 Å². The van der Waals surface area contributed by atoms with Gasteiger partial charge in [0.15, 0.2) is 0 Å². The zero-order chi connectivity index (χ0) is 19.4. The molecule has 0 radical (unpaired) electrons. The Morgan fingerprint density at radius 1 is 1.04 bits per heavy atom. The van der Waals surface area contributed by atoms with E-state index in [1.54, 1.807) is 25.1 Å². The van der Waals surface area contributed by atoms with Crippen LogP contribution in [0.5, 0.6) is 0 Å². The first-order valence-corrected chi connectivity index (χ1v) is 9.18. The van der Waals surface area contributed by atoms with Crippen LogP contribution in [0.1, 0.15) is 43.8 Å². The number of carbonyl (C=O) groups excluding carboxylic acids is 2. The highest BCUT2D eigenvalue weighted by molar-refractivity contribution is 7.12. The van der Waals surface area contributed by atoms with E-state index >= 15 is 0 Å². The van der Waals surface area contributed by atoms with Crippen LogP contribution in [0.2, 0.25) is 0 Å². The number of hydrogen-bond donors (Lipinski definition) is 2. The van der Waals surface area contributed by atoms with Gasteiger partial charge >= 0.3 is 0 Å². The Morgan fingerprint density at radius 3 is 2.37 bits per heavy atom. The molecule has 2 heterocycles. The number of furan rings is 1. The van der Waals surface area contributed by atoms with Crippen LogP contribution in [0.25, 0.3) is 0 Å². The van der Waals surface area contributed by atoms with Crippen LogP contribution in [0.3, 0.4) is 0 Å². The molecule has 7 heteroatoms. The lowest BCUT2D eigenvalue weighted by molar-refractivity contribution is 0.0957. The molecule has 6 nitrogen and oxygen atoms in total. The standard InChI is InChI=1S/C20H19N3O3S/c1-12-9-11-27-18(12)20(25)23-22-13(2)15-4-6-16(7-5-15)21-19(24)17-8-10-26-14(17)3/h4-11H,1-3H3,(H,21,24)(H,23,25)/b22-13+. The molecule has 0 aliphatic carbocycles. The van der Waals surface area contributed by atoms with Crippen molar-refractivity contribution < 1.29 is 14.0 Å². The van der Waals surface area contributed by atoms with Crippen LogP contribution >= 0.6 is 11.3 Å². The number of aryl methyl sites for hydroxylation is 2. The SMILES string of the molecule is C/C(=N\NC(=O)c1sccc1C)c1ccc(NC(=O)c2ccoc2C)cc1. The van der Waals surface area contributed by atoms with Gasteiger partial charge in [-0.05, 0) is 61.5 Å². The summed E-state index contributed by atoms with van der Waals surface area (Å²) in [5.41, 5.74) is 6.18. The van der Waals surface area contributed by atoms with Crippen molar-refractivity contribution in [1.82, 2.24) is 5.43 Å². The van der Waals surface area contributed by atoms with E-state index in [1.807, 2.05) is 37.4 Å². The van der Waals surface area contributed by atoms with Crippen molar-refractivity contribution in [2.24, 2.45) is 5.10 Å². The number of thiophene rings is 1. The molecule has 2 aromatic heterocycles. The van der Waals surface area contributed by atoms with Gasteiger partial charge in [0.2, 0.25) is 0 Å². The van der Waals surface area contributed by atoms with Gasteiger partial charge in [-0.3, -0.25) is 9.59 Å². The Kier molecular flexibility index (Phi) is 5.52. The first kappa shape index (κ1) is 18.6. The van der Waals surface area contributed by atoms with Crippen LogP contribution in [0.4, 0.5) is 5.69 Å². The molecule has 0 bridgehead atoms. The minimum absolute atomic E-state index is 0.221. The van der Waals surface area contributed by atoms with Gasteiger partial charge in [0.25, 0.3) is 11.8 Å². The highest BCUT2D eigenvalue weighted by atomic mass is 32.1. The summed E-state index contributed by atoms with van der Waals surface area (Å²) in [4.78, 5) is 25.0. The minimum atomic E-state index is -0.224. The summed E-state index contributed by atoms with van der Waals surface area (Å²) in [6.45, 7) is 5.44. The summed E-state index contributed by atoms with van der Waals surface area (Å²) in [6.07, 6.45) is 1.49. The molecule has 2 amide bonds. The van der Waals surface area contributed by atoms with Gasteiger partial charge in [-0.2, -0.15) is 5.10 Å². The number of anilines is 1. The second-order valence-corrected chi connectivity index (χ2v) is 6.91. The Balaban J connectivity index is 1.64. The van der Waals surface area contributed by atoms with E-state index in [-0.39, 0.29) is 11.8 Å². The van der Waals surface area contributed by atoms with Gasteiger partial charge in [0.1, 0.15) is 5.76 Å². The predicted molar refractivity (Wildman–Crippen MR) is 107 cm³/mol. The number of carbonyl (C=O) groups is 2. The zero-order valence-electron chi connectivity index (χ0n) is 15.2. The number of benzene rings is 1. The average Bonchev–Trinajstić information content (AvgIpc) is 3.28. The fraction of sp³-hybridized carbons (Fsp3) is 0.150. The van der Waals surface area contributed by atoms with E-state index in [9.17, 15) is 9.59 Å². The molecule has 2 N–H and O–H groups in total. The van der Waals surface area contributed by atoms with E-state index in [4.69, 9.17) is 4.42 Å². The highest BCUT2D eigenvalue weighted by Gasteiger charge is 2.12. The molecule has 0 fully saturated rings. The molecule has 138 valence electrons. The van der Waals surface area contributed by atoms with Crippen LogP contribution < -0.4 is 10.7 Å². The van der Waals surface area contributed by atoms with Crippen LogP contribution in [0, 0.1) is 13.8 Å². The fourth-order valence-corrected chi connectivity index (χ4v) is 3.28. The quantitative estimate of drug-likeness (QED) is 0.509. The summed E-state index contributed by atoms with van der Waals surface area (Å²) < 4.78 is 5.14. The van der Waals surface area contributed by atoms with Gasteiger partial charge in [-0.25, -0.2) is 5.43 Å². The fourth-order valence-electron chi connectivity index (χ4n) is 2.47. The Bertz CT molecular complexity index is 1000. The normalized spacial score (nSPS) is 11.3. The van der Waals surface area contributed by atoms with Crippen LogP contribution in [-0.2, 0) is 0 Å². The topological polar surface area (TPSA) is 83.7 Å². The lowest BCUT2D eigenvalue weighted by atomic mass is 10.1. The molecule has 0 saturated heterocycles. The van der Waals surface area contributed by atoms with Crippen molar-refractivity contribution in [3.8, 4) is 0 Å². The lowest BCUT2D eigenvalue weighted by Gasteiger charge is -2.06. The monoisotopic (exact) mass is 381 g/mol. The Hall–Kier alpha value is -3.19. The van der Waals surface area contributed by atoms with Gasteiger partial charge in [-0.15, -0.1) is 11.3 Å². The van der Waals surface area contributed by atoms with E-state index in [1.165, 1.54) is 17.6 Å². The van der Waals surface area contributed by atoms with Crippen molar-refractivity contribution in [2.75, 3.05) is 5.32 Å². The number of rotatable bonds is 5. The van der Waals surface area contributed by atoms with Gasteiger partial charge in [0.05, 0.1) is 22.4 Å². The second-order valence-electron chi connectivity index (χ2n) is 5.99. The van der Waals surface area contributed by atoms with Crippen LogP contribution in [-0.4, -0.2) is 17.5 Å². The Labute approximate surface area is 160 Å². The summed E-state index contributed by atoms with van der Waals surface area (Å²) >= 11 is 1.38. The summed E-state index contributed by atoms with van der Waals surface area (Å²) in [5.74, 6) is 0.128. The first-order valence-electron chi connectivity index (χ1n) is 8.30. The molecule has 0 unspecified atom stereocenters. The van der Waals surface area contributed by atoms with Crippen molar-refractivity contribution in [1.29, 1.82) is 0 Å². The molecule has 0 saturated carbocycles. The van der Waals surface area contributed by atoms with E-state index < -0.39 is 0 Å². The third-order valence-corrected chi connectivity index (χ3v) is 5.07. The largest absolute Gasteiger partial charge is 0.469 e. The number of hydrogen-bond acceptors (Lipinski definition) is 5. The highest BCUT2D eigenvalue weighted by Crippen LogP contribution is 2.16. The smallest absolute Gasteiger partial charge is 0.281 e. The Morgan fingerprint density at radius 2 is 1.78 bits per heavy atom. The molecule has 3 aromatic rings. The predicted octanol–water partition coefficient (Wildman–Crippen LogP) is 4.36. The third-order valence-electron chi connectivity index (χ3n) is 4.06. The maximum absolute atomic E-state index is 12.2. The zero-order valence-corrected chi connectivity index (χ0v) is 16.0. The summed E-state index contributed by atoms with van der Waals surface area (Å²) in [5, 5.41) is 8.85. The van der Waals surface area contributed by atoms with Crippen molar-refractivity contribution in [2.45, 2.75) is 20.8 Å². The lowest BCUT2D eigenvalue weighted by Crippen LogP contribution is -2.19. The maximum atomic E-state index is 12.2. The number of hydrazone groups is 1. The molecule has 1 aromatic carbocycles. The number of amides is 2. The average molecular weight is 381 g/mol. The summed E-state index contributed by atoms with van der Waals surface area (Å²) in [6, 6.07) is 10.8. The van der Waals surface area contributed by atoms with E-state index in [0.29, 0.717) is 27.6 Å². The van der Waals surface area contributed by atoms with Crippen molar-refractivity contribution in [3.05, 3.63) is 75.4 Å². The van der Waals surface area contributed by atoms with Gasteiger partial charge in [0, 0.05) is 5.69 Å².